The lowest BCUT2D eigenvalue weighted by Gasteiger charge is -2.01. The molecule has 0 rings (SSSR count). The molecule has 0 aliphatic heterocycles. The summed E-state index contributed by atoms with van der Waals surface area (Å²) in [7, 11) is -1.52. The number of hydrogen-bond donors (Lipinski definition) is 0. The van der Waals surface area contributed by atoms with Gasteiger partial charge in [-0.3, -0.25) is 0 Å². The van der Waals surface area contributed by atoms with Crippen LogP contribution >= 0.6 is 45.4 Å². The lowest BCUT2D eigenvalue weighted by atomic mass is 10.6. The molecule has 8 heavy (non-hydrogen) atoms. The molecule has 0 saturated carbocycles. The van der Waals surface area contributed by atoms with Gasteiger partial charge in [0.2, 0.25) is 7.42 Å². The van der Waals surface area contributed by atoms with E-state index in [2.05, 4.69) is 0 Å². The average molecular weight is 212 g/mol. The van der Waals surface area contributed by atoms with Gasteiger partial charge in [0.15, 0.2) is 0 Å². The normalized spacial score (nSPS) is 14.6. The minimum absolute atomic E-state index is 0.0386. The Hall–Kier alpha value is 1.38. The Bertz CT molecular complexity index is 57.2. The molecule has 0 spiro atoms. The molecule has 0 bridgehead atoms. The molecule has 0 aliphatic rings. The molecule has 0 saturated heterocycles. The average Bonchev–Trinajstić information content (AvgIpc) is 1.65. The predicted molar refractivity (Wildman–Crippen MR) is 44.0 cm³/mol. The van der Waals surface area contributed by atoms with Gasteiger partial charge in [-0.15, -0.1) is 23.2 Å². The first-order valence-electron chi connectivity index (χ1n) is 2.15. The first-order chi connectivity index (χ1) is 3.66. The van der Waals surface area contributed by atoms with E-state index in [0.29, 0.717) is 11.9 Å². The third kappa shape index (κ3) is 5.51. The summed E-state index contributed by atoms with van der Waals surface area (Å²) in [6.45, 7) is 0. The molecule has 0 fully saturated rings. The quantitative estimate of drug-likeness (QED) is 0.383. The monoisotopic (exact) mass is 210 g/mol. The second-order valence-corrected chi connectivity index (χ2v) is 7.39. The van der Waals surface area contributed by atoms with E-state index in [1.54, 1.807) is 0 Å². The fraction of sp³-hybridized carbons (Fsp3) is 1.00. The minimum Gasteiger partial charge on any atom is -0.150 e. The third-order valence-electron chi connectivity index (χ3n) is 0.601. The molecule has 0 aromatic heterocycles. The molecule has 1 atom stereocenters. The summed E-state index contributed by atoms with van der Waals surface area (Å²) in [4.78, 5) is 0. The molecule has 5 heteroatoms. The molecule has 0 nitrogen and oxygen atoms in total. The molecule has 0 aromatic rings. The van der Waals surface area contributed by atoms with Crippen LogP contribution in [0.4, 0.5) is 0 Å². The second-order valence-electron chi connectivity index (χ2n) is 1.38. The standard InChI is InChI=1S/C3H6Cl4Si/c4-1-3(5)2-8(6)7/h3,8H,1-2H2. The predicted octanol–water partition coefficient (Wildman–Crippen LogP) is 2.53. The van der Waals surface area contributed by atoms with Crippen molar-refractivity contribution in [1.29, 1.82) is 0 Å². The van der Waals surface area contributed by atoms with Crippen molar-refractivity contribution in [3.8, 4) is 0 Å². The van der Waals surface area contributed by atoms with Crippen LogP contribution in [0.2, 0.25) is 6.04 Å². The van der Waals surface area contributed by atoms with E-state index in [0.717, 1.165) is 0 Å². The van der Waals surface area contributed by atoms with E-state index < -0.39 is 7.42 Å². The lowest BCUT2D eigenvalue weighted by molar-refractivity contribution is 1.10. The fourth-order valence-electron chi connectivity index (χ4n) is 0.256. The van der Waals surface area contributed by atoms with Crippen LogP contribution in [0.15, 0.2) is 0 Å². The Morgan fingerprint density at radius 2 is 1.88 bits per heavy atom. The van der Waals surface area contributed by atoms with Gasteiger partial charge in [-0.1, -0.05) is 0 Å². The van der Waals surface area contributed by atoms with Crippen molar-refractivity contribution in [2.75, 3.05) is 5.88 Å². The van der Waals surface area contributed by atoms with Gasteiger partial charge in [-0.05, 0) is 6.04 Å². The first-order valence-corrected chi connectivity index (χ1v) is 7.43. The number of rotatable bonds is 3. The summed E-state index contributed by atoms with van der Waals surface area (Å²) < 4.78 is 0. The molecule has 0 aliphatic carbocycles. The third-order valence-corrected chi connectivity index (χ3v) is 3.76. The van der Waals surface area contributed by atoms with E-state index >= 15 is 0 Å². The van der Waals surface area contributed by atoms with Crippen LogP contribution in [0.1, 0.15) is 0 Å². The van der Waals surface area contributed by atoms with Gasteiger partial charge >= 0.3 is 0 Å². The largest absolute Gasteiger partial charge is 0.238 e. The van der Waals surface area contributed by atoms with Crippen molar-refractivity contribution < 1.29 is 0 Å². The van der Waals surface area contributed by atoms with Crippen molar-refractivity contribution in [2.45, 2.75) is 11.4 Å². The molecular formula is C3H6Cl4Si. The van der Waals surface area contributed by atoms with Crippen LogP contribution in [-0.2, 0) is 0 Å². The van der Waals surface area contributed by atoms with Gasteiger partial charge in [0.1, 0.15) is 0 Å². The second kappa shape index (κ2) is 5.18. The number of hydrogen-bond acceptors (Lipinski definition) is 0. The molecule has 0 radical (unpaired) electrons. The summed E-state index contributed by atoms with van der Waals surface area (Å²) in [6.07, 6.45) is 0. The summed E-state index contributed by atoms with van der Waals surface area (Å²) >= 11 is 22.0. The summed E-state index contributed by atoms with van der Waals surface area (Å²) in [5.74, 6) is 0.435. The Kier molecular flexibility index (Phi) is 6.08. The Morgan fingerprint density at radius 3 is 2.00 bits per heavy atom. The number of alkyl halides is 2. The van der Waals surface area contributed by atoms with Crippen LogP contribution in [0.5, 0.6) is 0 Å². The SMILES string of the molecule is ClCC(Cl)C[SiH](Cl)Cl. The highest BCUT2D eigenvalue weighted by atomic mass is 35.7. The highest BCUT2D eigenvalue weighted by Gasteiger charge is 2.09. The van der Waals surface area contributed by atoms with E-state index in [-0.39, 0.29) is 5.38 Å². The van der Waals surface area contributed by atoms with Gasteiger partial charge in [0.05, 0.1) is 0 Å². The molecule has 0 amide bonds. The zero-order chi connectivity index (χ0) is 6.57. The van der Waals surface area contributed by atoms with Crippen LogP contribution in [0.25, 0.3) is 0 Å². The van der Waals surface area contributed by atoms with Gasteiger partial charge in [0.25, 0.3) is 0 Å². The maximum absolute atomic E-state index is 5.59. The van der Waals surface area contributed by atoms with Crippen LogP contribution in [0.3, 0.4) is 0 Å². The van der Waals surface area contributed by atoms with Crippen molar-refractivity contribution in [1.82, 2.24) is 0 Å². The first kappa shape index (κ1) is 9.38. The highest BCUT2D eigenvalue weighted by Crippen LogP contribution is 2.12. The lowest BCUT2D eigenvalue weighted by Crippen LogP contribution is -2.06. The topological polar surface area (TPSA) is 0 Å². The van der Waals surface area contributed by atoms with E-state index in [9.17, 15) is 0 Å². The smallest absolute Gasteiger partial charge is 0.150 e. The van der Waals surface area contributed by atoms with Crippen LogP contribution in [0, 0.1) is 0 Å². The van der Waals surface area contributed by atoms with Crippen LogP contribution in [-0.4, -0.2) is 18.7 Å². The molecule has 0 aromatic carbocycles. The highest BCUT2D eigenvalue weighted by molar-refractivity contribution is 7.33. The van der Waals surface area contributed by atoms with E-state index in [4.69, 9.17) is 45.4 Å². The molecule has 0 heterocycles. The summed E-state index contributed by atoms with van der Waals surface area (Å²) in [5, 5.41) is -0.0386. The minimum atomic E-state index is -1.52. The molecule has 50 valence electrons. The zero-order valence-corrected chi connectivity index (χ0v) is 8.26. The van der Waals surface area contributed by atoms with Gasteiger partial charge < -0.3 is 0 Å². The van der Waals surface area contributed by atoms with Gasteiger partial charge in [-0.25, -0.2) is 0 Å². The molecular weight excluding hydrogens is 206 g/mol. The van der Waals surface area contributed by atoms with Crippen molar-refractivity contribution in [3.63, 3.8) is 0 Å². The summed E-state index contributed by atoms with van der Waals surface area (Å²) in [5.41, 5.74) is 0. The van der Waals surface area contributed by atoms with Gasteiger partial charge in [-0.2, -0.15) is 22.2 Å². The van der Waals surface area contributed by atoms with Crippen LogP contribution < -0.4 is 0 Å². The molecule has 1 unspecified atom stereocenters. The number of halogens is 4. The molecule has 0 N–H and O–H groups in total. The summed E-state index contributed by atoms with van der Waals surface area (Å²) in [6, 6.07) is 0.689. The Balaban J connectivity index is 3.10. The van der Waals surface area contributed by atoms with E-state index in [1.165, 1.54) is 0 Å². The Morgan fingerprint density at radius 1 is 1.38 bits per heavy atom. The van der Waals surface area contributed by atoms with E-state index in [1.807, 2.05) is 0 Å². The van der Waals surface area contributed by atoms with Crippen molar-refractivity contribution in [2.24, 2.45) is 0 Å². The van der Waals surface area contributed by atoms with Crippen molar-refractivity contribution in [3.05, 3.63) is 0 Å². The van der Waals surface area contributed by atoms with Gasteiger partial charge in [0, 0.05) is 11.3 Å². The Labute approximate surface area is 70.1 Å². The maximum atomic E-state index is 5.59. The van der Waals surface area contributed by atoms with Crippen molar-refractivity contribution >= 4 is 52.8 Å². The maximum Gasteiger partial charge on any atom is 0.238 e. The zero-order valence-electron chi connectivity index (χ0n) is 4.08. The fourth-order valence-corrected chi connectivity index (χ4v) is 3.52.